The monoisotopic (exact) mass is 411 g/mol. The second-order valence-electron chi connectivity index (χ2n) is 6.17. The van der Waals surface area contributed by atoms with Crippen molar-refractivity contribution >= 4 is 33.9 Å². The molecule has 0 aliphatic carbocycles. The number of ketones is 1. The lowest BCUT2D eigenvalue weighted by Gasteiger charge is -2.22. The highest BCUT2D eigenvalue weighted by Gasteiger charge is 2.48. The predicted molar refractivity (Wildman–Crippen MR) is 104 cm³/mol. The van der Waals surface area contributed by atoms with E-state index in [0.717, 1.165) is 23.5 Å². The predicted octanol–water partition coefficient (Wildman–Crippen LogP) is 3.31. The number of hydrogen-bond acceptors (Lipinski definition) is 7. The first-order valence-corrected chi connectivity index (χ1v) is 9.36. The number of Topliss-reactive ketones (excluding diaryl/α,β-unsaturated/α-hetero) is 1. The van der Waals surface area contributed by atoms with E-state index in [4.69, 9.17) is 4.74 Å². The van der Waals surface area contributed by atoms with Crippen LogP contribution >= 0.6 is 11.3 Å². The van der Waals surface area contributed by atoms with Crippen molar-refractivity contribution in [1.82, 2.24) is 10.2 Å². The Bertz CT molecular complexity index is 1100. The zero-order valence-electron chi connectivity index (χ0n) is 15.1. The van der Waals surface area contributed by atoms with Crippen molar-refractivity contribution in [2.24, 2.45) is 0 Å². The molecule has 9 heteroatoms. The molecule has 1 atom stereocenters. The standard InChI is InChI=1S/C20H14FN3O4S/c1-28-14-8-4-11(5-9-14)16-15(17(25)12-2-6-13(21)7-3-12)18(26)19(27)24(16)20-23-22-10-29-20/h2-10,16,25H,1H3/t16-/m0/s1. The largest absolute Gasteiger partial charge is 0.507 e. The van der Waals surface area contributed by atoms with Crippen LogP contribution < -0.4 is 9.64 Å². The number of aliphatic hydroxyl groups excluding tert-OH is 1. The first kappa shape index (κ1) is 18.8. The van der Waals surface area contributed by atoms with Gasteiger partial charge >= 0.3 is 5.91 Å². The Labute approximate surface area is 168 Å². The van der Waals surface area contributed by atoms with Gasteiger partial charge in [-0.05, 0) is 42.0 Å². The lowest BCUT2D eigenvalue weighted by atomic mass is 9.95. The Morgan fingerprint density at radius 3 is 2.41 bits per heavy atom. The summed E-state index contributed by atoms with van der Waals surface area (Å²) in [6.45, 7) is 0. The molecule has 2 aromatic carbocycles. The number of aliphatic hydroxyl groups is 1. The summed E-state index contributed by atoms with van der Waals surface area (Å²) in [6.07, 6.45) is 0. The molecule has 7 nitrogen and oxygen atoms in total. The van der Waals surface area contributed by atoms with Gasteiger partial charge < -0.3 is 9.84 Å². The summed E-state index contributed by atoms with van der Waals surface area (Å²) in [6, 6.07) is 10.9. The van der Waals surface area contributed by atoms with Crippen LogP contribution in [0.3, 0.4) is 0 Å². The van der Waals surface area contributed by atoms with Gasteiger partial charge in [0.15, 0.2) is 0 Å². The molecule has 0 saturated carbocycles. The molecule has 2 heterocycles. The highest BCUT2D eigenvalue weighted by molar-refractivity contribution is 7.13. The van der Waals surface area contributed by atoms with Gasteiger partial charge in [-0.25, -0.2) is 4.39 Å². The lowest BCUT2D eigenvalue weighted by Crippen LogP contribution is -2.29. The van der Waals surface area contributed by atoms with Gasteiger partial charge in [0.1, 0.15) is 22.8 Å². The zero-order valence-corrected chi connectivity index (χ0v) is 15.9. The normalized spacial score (nSPS) is 18.3. The third kappa shape index (κ3) is 3.25. The van der Waals surface area contributed by atoms with E-state index in [1.165, 1.54) is 29.7 Å². The summed E-state index contributed by atoms with van der Waals surface area (Å²) >= 11 is 1.10. The van der Waals surface area contributed by atoms with Crippen LogP contribution in [0.15, 0.2) is 59.6 Å². The van der Waals surface area contributed by atoms with Crippen molar-refractivity contribution < 1.29 is 23.8 Å². The average molecular weight is 411 g/mol. The maximum Gasteiger partial charge on any atom is 0.301 e. The smallest absolute Gasteiger partial charge is 0.301 e. The molecule has 1 aliphatic heterocycles. The minimum Gasteiger partial charge on any atom is -0.507 e. The maximum atomic E-state index is 13.3. The van der Waals surface area contributed by atoms with Crippen molar-refractivity contribution in [3.8, 4) is 5.75 Å². The van der Waals surface area contributed by atoms with Crippen LogP contribution in [-0.4, -0.2) is 34.1 Å². The van der Waals surface area contributed by atoms with Crippen molar-refractivity contribution in [2.45, 2.75) is 6.04 Å². The molecule has 0 bridgehead atoms. The molecule has 0 spiro atoms. The van der Waals surface area contributed by atoms with Crippen molar-refractivity contribution in [3.63, 3.8) is 0 Å². The number of hydrogen-bond donors (Lipinski definition) is 1. The molecular weight excluding hydrogens is 397 g/mol. The van der Waals surface area contributed by atoms with Crippen LogP contribution in [0.2, 0.25) is 0 Å². The van der Waals surface area contributed by atoms with Crippen LogP contribution in [-0.2, 0) is 9.59 Å². The number of rotatable bonds is 4. The third-order valence-corrected chi connectivity index (χ3v) is 5.24. The molecule has 1 aromatic heterocycles. The van der Waals surface area contributed by atoms with Crippen molar-refractivity contribution in [1.29, 1.82) is 0 Å². The summed E-state index contributed by atoms with van der Waals surface area (Å²) in [5.41, 5.74) is 2.13. The molecule has 3 aromatic rings. The quantitative estimate of drug-likeness (QED) is 0.402. The van der Waals surface area contributed by atoms with E-state index in [1.54, 1.807) is 24.3 Å². The Morgan fingerprint density at radius 1 is 1.14 bits per heavy atom. The Balaban J connectivity index is 1.91. The van der Waals surface area contributed by atoms with Gasteiger partial charge in [0.05, 0.1) is 18.7 Å². The Kier molecular flexibility index (Phi) is 4.81. The summed E-state index contributed by atoms with van der Waals surface area (Å²) in [4.78, 5) is 26.8. The fourth-order valence-electron chi connectivity index (χ4n) is 3.17. The highest BCUT2D eigenvalue weighted by Crippen LogP contribution is 2.42. The number of carbonyl (C=O) groups excluding carboxylic acids is 2. The molecule has 1 aliphatic rings. The average Bonchev–Trinajstić information content (AvgIpc) is 3.35. The molecule has 29 heavy (non-hydrogen) atoms. The number of methoxy groups -OCH3 is 1. The highest BCUT2D eigenvalue weighted by atomic mass is 32.1. The molecule has 1 N–H and O–H groups in total. The van der Waals surface area contributed by atoms with Crippen LogP contribution in [0.4, 0.5) is 9.52 Å². The van der Waals surface area contributed by atoms with Gasteiger partial charge in [-0.2, -0.15) is 0 Å². The topological polar surface area (TPSA) is 92.6 Å². The summed E-state index contributed by atoms with van der Waals surface area (Å²) < 4.78 is 18.4. The minimum atomic E-state index is -0.918. The van der Waals surface area contributed by atoms with Crippen LogP contribution in [0, 0.1) is 5.82 Å². The van der Waals surface area contributed by atoms with Gasteiger partial charge in [-0.1, -0.05) is 23.5 Å². The fraction of sp³-hybridized carbons (Fsp3) is 0.100. The van der Waals surface area contributed by atoms with E-state index in [0.29, 0.717) is 11.3 Å². The number of benzene rings is 2. The summed E-state index contributed by atoms with van der Waals surface area (Å²) in [5, 5.41) is 18.7. The zero-order chi connectivity index (χ0) is 20.5. The first-order valence-electron chi connectivity index (χ1n) is 8.48. The first-order chi connectivity index (χ1) is 14.0. The molecule has 0 unspecified atom stereocenters. The number of nitrogens with zero attached hydrogens (tertiary/aromatic N) is 3. The third-order valence-electron chi connectivity index (χ3n) is 4.55. The molecule has 0 radical (unpaired) electrons. The second kappa shape index (κ2) is 7.44. The van der Waals surface area contributed by atoms with Crippen LogP contribution in [0.5, 0.6) is 5.75 Å². The molecule has 1 fully saturated rings. The van der Waals surface area contributed by atoms with Crippen molar-refractivity contribution in [3.05, 3.63) is 76.6 Å². The van der Waals surface area contributed by atoms with E-state index in [2.05, 4.69) is 10.2 Å². The van der Waals surface area contributed by atoms with Gasteiger partial charge in [0.25, 0.3) is 5.78 Å². The van der Waals surface area contributed by atoms with E-state index in [-0.39, 0.29) is 16.3 Å². The molecule has 4 rings (SSSR count). The van der Waals surface area contributed by atoms with E-state index in [1.807, 2.05) is 0 Å². The summed E-state index contributed by atoms with van der Waals surface area (Å²) in [5.74, 6) is -1.96. The Hall–Kier alpha value is -3.59. The van der Waals surface area contributed by atoms with Crippen LogP contribution in [0.25, 0.3) is 5.76 Å². The van der Waals surface area contributed by atoms with E-state index >= 15 is 0 Å². The number of anilines is 1. The van der Waals surface area contributed by atoms with E-state index < -0.39 is 29.3 Å². The molecule has 146 valence electrons. The fourth-order valence-corrected chi connectivity index (χ4v) is 3.75. The number of amides is 1. The number of carbonyl (C=O) groups is 2. The lowest BCUT2D eigenvalue weighted by molar-refractivity contribution is -0.132. The Morgan fingerprint density at radius 2 is 1.83 bits per heavy atom. The van der Waals surface area contributed by atoms with Gasteiger partial charge in [-0.15, -0.1) is 10.2 Å². The number of aromatic nitrogens is 2. The SMILES string of the molecule is COc1ccc([C@H]2C(=C(O)c3ccc(F)cc3)C(=O)C(=O)N2c2nncs2)cc1. The second-order valence-corrected chi connectivity index (χ2v) is 6.98. The molecular formula is C20H14FN3O4S. The van der Waals surface area contributed by atoms with Gasteiger partial charge in [-0.3, -0.25) is 14.5 Å². The van der Waals surface area contributed by atoms with Gasteiger partial charge in [0, 0.05) is 5.56 Å². The summed E-state index contributed by atoms with van der Waals surface area (Å²) in [7, 11) is 1.52. The minimum absolute atomic E-state index is 0.109. The van der Waals surface area contributed by atoms with Crippen molar-refractivity contribution in [2.75, 3.05) is 12.0 Å². The van der Waals surface area contributed by atoms with E-state index in [9.17, 15) is 19.1 Å². The maximum absolute atomic E-state index is 13.3. The van der Waals surface area contributed by atoms with Gasteiger partial charge in [0.2, 0.25) is 5.13 Å². The molecule has 1 amide bonds. The van der Waals surface area contributed by atoms with Crippen LogP contribution in [0.1, 0.15) is 17.2 Å². The number of halogens is 1. The number of ether oxygens (including phenoxy) is 1. The molecule has 1 saturated heterocycles.